The zero-order valence-corrected chi connectivity index (χ0v) is 12.1. The maximum atomic E-state index is 12.0. The number of hydrogen-bond donors (Lipinski definition) is 1. The van der Waals surface area contributed by atoms with Crippen LogP contribution < -0.4 is 10.9 Å². The molecule has 1 N–H and O–H groups in total. The number of nitrogens with zero attached hydrogens (tertiary/aromatic N) is 2. The number of ether oxygens (including phenoxy) is 1. The maximum absolute atomic E-state index is 12.0. The molecule has 1 heterocycles. The van der Waals surface area contributed by atoms with Crippen LogP contribution in [-0.4, -0.2) is 29.5 Å². The van der Waals surface area contributed by atoms with E-state index in [0.29, 0.717) is 24.9 Å². The van der Waals surface area contributed by atoms with Crippen LogP contribution in [-0.2, 0) is 11.3 Å². The van der Waals surface area contributed by atoms with Crippen molar-refractivity contribution in [1.82, 2.24) is 9.78 Å². The minimum Gasteiger partial charge on any atom is -0.383 e. The summed E-state index contributed by atoms with van der Waals surface area (Å²) in [6.45, 7) is 2.95. The Balaban J connectivity index is 2.04. The van der Waals surface area contributed by atoms with Crippen molar-refractivity contribution in [2.24, 2.45) is 5.92 Å². The van der Waals surface area contributed by atoms with Gasteiger partial charge in [-0.15, -0.1) is 0 Å². The first-order valence-corrected chi connectivity index (χ1v) is 7.00. The topological polar surface area (TPSA) is 56.1 Å². The SMILES string of the molecule is COCCn1ncc(NC(C)CC2CC2)c(Cl)c1=O. The fourth-order valence-corrected chi connectivity index (χ4v) is 2.28. The van der Waals surface area contributed by atoms with Gasteiger partial charge in [-0.05, 0) is 19.3 Å². The molecule has 1 aliphatic rings. The molecule has 0 spiro atoms. The average molecular weight is 286 g/mol. The summed E-state index contributed by atoms with van der Waals surface area (Å²) in [5, 5.41) is 7.57. The van der Waals surface area contributed by atoms with Crippen molar-refractivity contribution >= 4 is 17.3 Å². The van der Waals surface area contributed by atoms with E-state index in [4.69, 9.17) is 16.3 Å². The Bertz CT molecular complexity index is 485. The third-order valence-corrected chi connectivity index (χ3v) is 3.64. The molecule has 1 atom stereocenters. The Morgan fingerprint density at radius 2 is 2.37 bits per heavy atom. The van der Waals surface area contributed by atoms with Crippen LogP contribution in [0.15, 0.2) is 11.0 Å². The smallest absolute Gasteiger partial charge is 0.287 e. The summed E-state index contributed by atoms with van der Waals surface area (Å²) in [4.78, 5) is 12.0. The molecule has 2 rings (SSSR count). The Kier molecular flexibility index (Phi) is 4.82. The summed E-state index contributed by atoms with van der Waals surface area (Å²) in [5.41, 5.74) is 0.343. The van der Waals surface area contributed by atoms with Gasteiger partial charge in [-0.1, -0.05) is 24.4 Å². The van der Waals surface area contributed by atoms with Crippen molar-refractivity contribution in [3.05, 3.63) is 21.6 Å². The van der Waals surface area contributed by atoms with Gasteiger partial charge in [-0.25, -0.2) is 4.68 Å². The summed E-state index contributed by atoms with van der Waals surface area (Å²) >= 11 is 6.10. The standard InChI is InChI=1S/C13H20ClN3O2/c1-9(7-10-3-4-10)16-11-8-15-17(5-6-19-2)13(18)12(11)14/h8-10,16H,3-7H2,1-2H3. The lowest BCUT2D eigenvalue weighted by atomic mass is 10.1. The molecule has 6 heteroatoms. The molecule has 1 unspecified atom stereocenters. The van der Waals surface area contributed by atoms with E-state index in [1.54, 1.807) is 13.3 Å². The van der Waals surface area contributed by atoms with E-state index < -0.39 is 0 Å². The molecular weight excluding hydrogens is 266 g/mol. The predicted octanol–water partition coefficient (Wildman–Crippen LogP) is 2.14. The Labute approximate surface area is 117 Å². The molecule has 1 aliphatic carbocycles. The van der Waals surface area contributed by atoms with Crippen LogP contribution in [0.25, 0.3) is 0 Å². The first kappa shape index (κ1) is 14.3. The molecule has 0 amide bonds. The first-order valence-electron chi connectivity index (χ1n) is 6.63. The second kappa shape index (κ2) is 6.39. The normalized spacial score (nSPS) is 16.4. The van der Waals surface area contributed by atoms with Crippen molar-refractivity contribution in [3.8, 4) is 0 Å². The number of rotatable bonds is 7. The minimum absolute atomic E-state index is 0.203. The van der Waals surface area contributed by atoms with Gasteiger partial charge in [-0.2, -0.15) is 5.10 Å². The Morgan fingerprint density at radius 3 is 3.00 bits per heavy atom. The first-order chi connectivity index (χ1) is 9.11. The summed E-state index contributed by atoms with van der Waals surface area (Å²) in [7, 11) is 1.59. The quantitative estimate of drug-likeness (QED) is 0.834. The molecule has 19 heavy (non-hydrogen) atoms. The van der Waals surface area contributed by atoms with E-state index in [9.17, 15) is 4.79 Å². The van der Waals surface area contributed by atoms with Gasteiger partial charge >= 0.3 is 0 Å². The lowest BCUT2D eigenvalue weighted by Gasteiger charge is -2.16. The van der Waals surface area contributed by atoms with Crippen molar-refractivity contribution in [3.63, 3.8) is 0 Å². The number of methoxy groups -OCH3 is 1. The molecule has 5 nitrogen and oxygen atoms in total. The molecule has 1 saturated carbocycles. The van der Waals surface area contributed by atoms with Crippen LogP contribution in [0.3, 0.4) is 0 Å². The highest BCUT2D eigenvalue weighted by Crippen LogP contribution is 2.34. The van der Waals surface area contributed by atoms with E-state index >= 15 is 0 Å². The monoisotopic (exact) mass is 285 g/mol. The maximum Gasteiger partial charge on any atom is 0.287 e. The second-order valence-electron chi connectivity index (χ2n) is 5.12. The fourth-order valence-electron chi connectivity index (χ4n) is 2.08. The van der Waals surface area contributed by atoms with Crippen LogP contribution >= 0.6 is 11.6 Å². The second-order valence-corrected chi connectivity index (χ2v) is 5.50. The molecule has 0 aromatic carbocycles. The van der Waals surface area contributed by atoms with Crippen molar-refractivity contribution < 1.29 is 4.74 Å². The van der Waals surface area contributed by atoms with E-state index in [2.05, 4.69) is 17.3 Å². The third-order valence-electron chi connectivity index (χ3n) is 3.28. The molecule has 106 valence electrons. The number of halogens is 1. The van der Waals surface area contributed by atoms with Gasteiger partial charge in [0, 0.05) is 13.2 Å². The fraction of sp³-hybridized carbons (Fsp3) is 0.692. The zero-order chi connectivity index (χ0) is 13.8. The number of anilines is 1. The molecule has 1 aromatic rings. The number of hydrogen-bond acceptors (Lipinski definition) is 4. The van der Waals surface area contributed by atoms with Gasteiger partial charge in [0.2, 0.25) is 0 Å². The highest BCUT2D eigenvalue weighted by molar-refractivity contribution is 6.32. The van der Waals surface area contributed by atoms with E-state index in [1.807, 2.05) is 0 Å². The summed E-state index contributed by atoms with van der Waals surface area (Å²) in [6.07, 6.45) is 5.36. The lowest BCUT2D eigenvalue weighted by Crippen LogP contribution is -2.27. The lowest BCUT2D eigenvalue weighted by molar-refractivity contribution is 0.182. The molecule has 0 saturated heterocycles. The molecule has 1 fully saturated rings. The van der Waals surface area contributed by atoms with Gasteiger partial charge < -0.3 is 10.1 Å². The van der Waals surface area contributed by atoms with Gasteiger partial charge in [0.1, 0.15) is 5.02 Å². The van der Waals surface area contributed by atoms with Crippen LogP contribution in [0.5, 0.6) is 0 Å². The third kappa shape index (κ3) is 3.94. The van der Waals surface area contributed by atoms with Crippen LogP contribution in [0.2, 0.25) is 5.02 Å². The molecular formula is C13H20ClN3O2. The molecule has 0 aliphatic heterocycles. The van der Waals surface area contributed by atoms with Gasteiger partial charge in [0.15, 0.2) is 0 Å². The largest absolute Gasteiger partial charge is 0.383 e. The van der Waals surface area contributed by atoms with Gasteiger partial charge in [0.25, 0.3) is 5.56 Å². The van der Waals surface area contributed by atoms with Crippen LogP contribution in [0, 0.1) is 5.92 Å². The average Bonchev–Trinajstić information content (AvgIpc) is 3.18. The molecule has 0 bridgehead atoms. The van der Waals surface area contributed by atoms with Crippen molar-refractivity contribution in [2.45, 2.75) is 38.8 Å². The van der Waals surface area contributed by atoms with Crippen molar-refractivity contribution in [1.29, 1.82) is 0 Å². The predicted molar refractivity (Wildman–Crippen MR) is 75.8 cm³/mol. The zero-order valence-electron chi connectivity index (χ0n) is 11.4. The Morgan fingerprint density at radius 1 is 1.63 bits per heavy atom. The van der Waals surface area contributed by atoms with Gasteiger partial charge in [-0.3, -0.25) is 4.79 Å². The highest BCUT2D eigenvalue weighted by Gasteiger charge is 2.24. The minimum atomic E-state index is -0.276. The molecule has 1 aromatic heterocycles. The van der Waals surface area contributed by atoms with Crippen LogP contribution in [0.4, 0.5) is 5.69 Å². The van der Waals surface area contributed by atoms with Crippen molar-refractivity contribution in [2.75, 3.05) is 19.0 Å². The number of aromatic nitrogens is 2. The summed E-state index contributed by atoms with van der Waals surface area (Å²) in [6, 6.07) is 0.307. The van der Waals surface area contributed by atoms with Crippen LogP contribution in [0.1, 0.15) is 26.2 Å². The van der Waals surface area contributed by atoms with E-state index in [1.165, 1.54) is 17.5 Å². The summed E-state index contributed by atoms with van der Waals surface area (Å²) < 4.78 is 6.25. The molecule has 0 radical (unpaired) electrons. The Hall–Kier alpha value is -1.07. The van der Waals surface area contributed by atoms with Gasteiger partial charge in [0.05, 0.1) is 25.0 Å². The summed E-state index contributed by atoms with van der Waals surface area (Å²) in [5.74, 6) is 0.830. The van der Waals surface area contributed by atoms with E-state index in [-0.39, 0.29) is 10.6 Å². The highest BCUT2D eigenvalue weighted by atomic mass is 35.5. The number of nitrogens with one attached hydrogen (secondary N) is 1. The van der Waals surface area contributed by atoms with E-state index in [0.717, 1.165) is 12.3 Å².